The Labute approximate surface area is 245 Å². The Morgan fingerprint density at radius 3 is 2.48 bits per heavy atom. The van der Waals surface area contributed by atoms with Gasteiger partial charge in [0.2, 0.25) is 0 Å². The van der Waals surface area contributed by atoms with Crippen LogP contribution in [-0.4, -0.2) is 76.3 Å². The van der Waals surface area contributed by atoms with Crippen LogP contribution in [0.1, 0.15) is 73.9 Å². The zero-order chi connectivity index (χ0) is 30.7. The molecular weight excluding hydrogens is 550 g/mol. The lowest BCUT2D eigenvalue weighted by Gasteiger charge is -2.51. The number of ketones is 1. The number of carbonyl (C=O) groups is 1. The summed E-state index contributed by atoms with van der Waals surface area (Å²) in [5, 5.41) is 23.4. The number of rotatable bonds is 11. The minimum atomic E-state index is -4.47. The molecule has 0 radical (unpaired) electrons. The molecule has 232 valence electrons. The first-order valence-corrected chi connectivity index (χ1v) is 14.8. The van der Waals surface area contributed by atoms with Crippen LogP contribution in [0, 0.1) is 18.7 Å². The normalized spacial score (nSPS) is 22.3. The number of phenolic OH excluding ortho intramolecular Hbond substituents is 1. The number of nitrogens with one attached hydrogen (secondary N) is 1. The second-order valence-electron chi connectivity index (χ2n) is 12.5. The van der Waals surface area contributed by atoms with E-state index in [0.717, 1.165) is 19.4 Å². The number of likely N-dealkylation sites (tertiary alicyclic amines) is 2. The molecule has 2 aromatic rings. The molecule has 2 aliphatic rings. The smallest absolute Gasteiger partial charge is 0.404 e. The maximum Gasteiger partial charge on any atom is 0.404 e. The van der Waals surface area contributed by atoms with Crippen molar-refractivity contribution in [1.29, 1.82) is 0 Å². The molecule has 0 spiro atoms. The van der Waals surface area contributed by atoms with Gasteiger partial charge in [0.15, 0.2) is 5.78 Å². The molecule has 2 aromatic carbocycles. The molecule has 2 heterocycles. The van der Waals surface area contributed by atoms with E-state index in [1.165, 1.54) is 29.2 Å². The number of aromatic hydroxyl groups is 1. The van der Waals surface area contributed by atoms with Crippen molar-refractivity contribution in [2.24, 2.45) is 5.92 Å². The molecule has 3 N–H and O–H groups in total. The van der Waals surface area contributed by atoms with Gasteiger partial charge in [-0.25, -0.2) is 4.39 Å². The summed E-state index contributed by atoms with van der Waals surface area (Å²) in [6.45, 7) is 6.75. The minimum Gasteiger partial charge on any atom is -0.508 e. The lowest BCUT2D eigenvalue weighted by molar-refractivity contribution is -0.197. The molecule has 0 aromatic heterocycles. The number of aliphatic hydroxyl groups excluding tert-OH is 1. The standard InChI is InChI=1S/C32H43F4N3O3/c1-22-26(12-5-13-27(22)33)31(37-30(2,3)21-40,39-18-7-14-28(39)32(34,35)36)15-8-17-38-16-6-10-24(20-38)29(42)23-9-4-11-25(41)19-23/h4-5,9,11-13,19,24,28,37,40-41H,6-8,10,14-18,20-21H2,1-3H3/t24?,28-,31+/m0/s1. The molecule has 0 aliphatic carbocycles. The van der Waals surface area contributed by atoms with Gasteiger partial charge in [0.1, 0.15) is 17.6 Å². The summed E-state index contributed by atoms with van der Waals surface area (Å²) in [5.41, 5.74) is -1.16. The van der Waals surface area contributed by atoms with Crippen LogP contribution < -0.4 is 5.32 Å². The molecule has 0 amide bonds. The number of hydrogen-bond donors (Lipinski definition) is 3. The Bertz CT molecular complexity index is 1240. The Kier molecular flexibility index (Phi) is 10.0. The maximum absolute atomic E-state index is 15.0. The van der Waals surface area contributed by atoms with E-state index < -0.39 is 29.2 Å². The van der Waals surface area contributed by atoms with Gasteiger partial charge in [0.25, 0.3) is 0 Å². The molecule has 3 atom stereocenters. The molecule has 2 aliphatic heterocycles. The van der Waals surface area contributed by atoms with Crippen molar-refractivity contribution in [3.8, 4) is 5.75 Å². The van der Waals surface area contributed by atoms with E-state index in [2.05, 4.69) is 10.2 Å². The van der Waals surface area contributed by atoms with Crippen molar-refractivity contribution in [1.82, 2.24) is 15.1 Å². The number of aliphatic hydroxyl groups is 1. The number of alkyl halides is 3. The van der Waals surface area contributed by atoms with Gasteiger partial charge in [-0.1, -0.05) is 24.3 Å². The SMILES string of the molecule is Cc1c(F)cccc1[C@](CCCN1CCCC(C(=O)c2cccc(O)c2)C1)(NC(C)(C)CO)N1CCC[C@H]1C(F)(F)F. The summed E-state index contributed by atoms with van der Waals surface area (Å²) in [5.74, 6) is -0.727. The average molecular weight is 594 g/mol. The first-order valence-electron chi connectivity index (χ1n) is 14.8. The monoisotopic (exact) mass is 593 g/mol. The van der Waals surface area contributed by atoms with Crippen LogP contribution in [0.5, 0.6) is 5.75 Å². The van der Waals surface area contributed by atoms with E-state index in [9.17, 15) is 32.6 Å². The Morgan fingerprint density at radius 1 is 1.07 bits per heavy atom. The van der Waals surface area contributed by atoms with Crippen molar-refractivity contribution in [2.45, 2.75) is 82.7 Å². The highest BCUT2D eigenvalue weighted by Gasteiger charge is 2.55. The highest BCUT2D eigenvalue weighted by Crippen LogP contribution is 2.44. The molecule has 1 unspecified atom stereocenters. The van der Waals surface area contributed by atoms with E-state index >= 15 is 0 Å². The fourth-order valence-electron chi connectivity index (χ4n) is 6.78. The summed E-state index contributed by atoms with van der Waals surface area (Å²) in [6.07, 6.45) is -1.90. The van der Waals surface area contributed by atoms with E-state index in [1.807, 2.05) is 0 Å². The molecular formula is C32H43F4N3O3. The van der Waals surface area contributed by atoms with Crippen molar-refractivity contribution in [3.63, 3.8) is 0 Å². The van der Waals surface area contributed by atoms with Crippen LogP contribution in [0.2, 0.25) is 0 Å². The molecule has 42 heavy (non-hydrogen) atoms. The topological polar surface area (TPSA) is 76.0 Å². The molecule has 2 saturated heterocycles. The molecule has 6 nitrogen and oxygen atoms in total. The lowest BCUT2D eigenvalue weighted by Crippen LogP contribution is -2.66. The maximum atomic E-state index is 15.0. The summed E-state index contributed by atoms with van der Waals surface area (Å²) >= 11 is 0. The fraction of sp³-hybridized carbons (Fsp3) is 0.594. The number of piperidine rings is 1. The highest BCUT2D eigenvalue weighted by molar-refractivity contribution is 5.98. The molecule has 0 saturated carbocycles. The third-order valence-electron chi connectivity index (χ3n) is 8.79. The van der Waals surface area contributed by atoms with E-state index in [1.54, 1.807) is 39.0 Å². The molecule has 0 bridgehead atoms. The number of carbonyl (C=O) groups excluding carboxylic acids is 1. The van der Waals surface area contributed by atoms with Gasteiger partial charge in [-0.3, -0.25) is 15.0 Å². The van der Waals surface area contributed by atoms with Gasteiger partial charge in [-0.05, 0) is 102 Å². The number of halogens is 4. The van der Waals surface area contributed by atoms with Crippen LogP contribution >= 0.6 is 0 Å². The molecule has 2 fully saturated rings. The van der Waals surface area contributed by atoms with E-state index in [0.29, 0.717) is 37.1 Å². The van der Waals surface area contributed by atoms with Crippen molar-refractivity contribution < 1.29 is 32.6 Å². The average Bonchev–Trinajstić information content (AvgIpc) is 3.45. The van der Waals surface area contributed by atoms with Gasteiger partial charge >= 0.3 is 6.18 Å². The van der Waals surface area contributed by atoms with Crippen LogP contribution in [0.4, 0.5) is 17.6 Å². The summed E-state index contributed by atoms with van der Waals surface area (Å²) in [4.78, 5) is 16.8. The number of benzene rings is 2. The van der Waals surface area contributed by atoms with Gasteiger partial charge in [-0.2, -0.15) is 13.2 Å². The van der Waals surface area contributed by atoms with Crippen molar-refractivity contribution in [2.75, 3.05) is 32.8 Å². The zero-order valence-corrected chi connectivity index (χ0v) is 24.7. The first kappa shape index (κ1) is 32.4. The second kappa shape index (κ2) is 13.0. The highest BCUT2D eigenvalue weighted by atomic mass is 19.4. The Hall–Kier alpha value is -2.53. The van der Waals surface area contributed by atoms with Crippen molar-refractivity contribution >= 4 is 5.78 Å². The second-order valence-corrected chi connectivity index (χ2v) is 12.5. The van der Waals surface area contributed by atoms with Crippen LogP contribution in [0.15, 0.2) is 42.5 Å². The molecule has 4 rings (SSSR count). The van der Waals surface area contributed by atoms with Crippen LogP contribution in [-0.2, 0) is 5.66 Å². The van der Waals surface area contributed by atoms with Crippen LogP contribution in [0.25, 0.3) is 0 Å². The Morgan fingerprint density at radius 2 is 1.79 bits per heavy atom. The third kappa shape index (κ3) is 7.15. The lowest BCUT2D eigenvalue weighted by atomic mass is 9.85. The quantitative estimate of drug-likeness (QED) is 0.228. The van der Waals surface area contributed by atoms with Gasteiger partial charge in [0.05, 0.1) is 12.3 Å². The van der Waals surface area contributed by atoms with Crippen LogP contribution in [0.3, 0.4) is 0 Å². The van der Waals surface area contributed by atoms with Gasteiger partial charge in [-0.15, -0.1) is 0 Å². The number of nitrogens with zero attached hydrogens (tertiary/aromatic N) is 2. The predicted octanol–water partition coefficient (Wildman–Crippen LogP) is 5.75. The summed E-state index contributed by atoms with van der Waals surface area (Å²) in [7, 11) is 0. The van der Waals surface area contributed by atoms with E-state index in [-0.39, 0.29) is 49.0 Å². The predicted molar refractivity (Wildman–Crippen MR) is 154 cm³/mol. The van der Waals surface area contributed by atoms with E-state index in [4.69, 9.17) is 0 Å². The van der Waals surface area contributed by atoms with Gasteiger partial charge < -0.3 is 15.1 Å². The first-order chi connectivity index (χ1) is 19.8. The fourth-order valence-corrected chi connectivity index (χ4v) is 6.78. The minimum absolute atomic E-state index is 0.0308. The number of phenols is 1. The van der Waals surface area contributed by atoms with Crippen molar-refractivity contribution in [3.05, 3.63) is 65.0 Å². The summed E-state index contributed by atoms with van der Waals surface area (Å²) in [6, 6.07) is 9.15. The Balaban J connectivity index is 1.62. The molecule has 10 heteroatoms. The van der Waals surface area contributed by atoms with Gasteiger partial charge in [0, 0.05) is 30.1 Å². The third-order valence-corrected chi connectivity index (χ3v) is 8.79. The summed E-state index contributed by atoms with van der Waals surface area (Å²) < 4.78 is 58.2. The number of Topliss-reactive ketones (excluding diaryl/α,β-unsaturated/α-hetero) is 1. The number of hydrogen-bond acceptors (Lipinski definition) is 6. The largest absolute Gasteiger partial charge is 0.508 e. The zero-order valence-electron chi connectivity index (χ0n) is 24.7.